The largest absolute Gasteiger partial charge is 0.311 e. The standard InChI is InChI=1S/C51H51BN2S/c1-30-25-43-46-44(26-30)54(40-17-13-11-15-31(40)2)47-38(21-20-35-34-16-12-14-18-45(34)55-48(35)47)52(46)39-28-33(49(4,5)6)19-22-41(39)53(43)42-29-37-36(27-32(42)3)50(7,8)23-24-51(37,9)10/h11-22,25-29H,23-24H2,1-10H3. The first-order chi connectivity index (χ1) is 26.1. The summed E-state index contributed by atoms with van der Waals surface area (Å²) in [6.45, 7) is 23.8. The van der Waals surface area contributed by atoms with Crippen LogP contribution in [0, 0.1) is 20.8 Å². The third-order valence-electron chi connectivity index (χ3n) is 13.3. The Bertz CT molecular complexity index is 2760. The van der Waals surface area contributed by atoms with E-state index in [1.165, 1.54) is 117 Å². The van der Waals surface area contributed by atoms with Gasteiger partial charge in [-0.3, -0.25) is 0 Å². The van der Waals surface area contributed by atoms with Crippen LogP contribution in [0.25, 0.3) is 20.2 Å². The van der Waals surface area contributed by atoms with E-state index in [-0.39, 0.29) is 23.0 Å². The number of rotatable bonds is 2. The van der Waals surface area contributed by atoms with Gasteiger partial charge in [0.05, 0.1) is 10.4 Å². The highest BCUT2D eigenvalue weighted by molar-refractivity contribution is 7.26. The molecule has 0 amide bonds. The maximum atomic E-state index is 2.65. The molecule has 0 saturated carbocycles. The van der Waals surface area contributed by atoms with Crippen molar-refractivity contribution in [1.82, 2.24) is 0 Å². The van der Waals surface area contributed by atoms with Crippen LogP contribution in [0.1, 0.15) is 94.7 Å². The van der Waals surface area contributed by atoms with Crippen molar-refractivity contribution in [1.29, 1.82) is 0 Å². The van der Waals surface area contributed by atoms with E-state index in [0.717, 1.165) is 0 Å². The van der Waals surface area contributed by atoms with Crippen molar-refractivity contribution < 1.29 is 0 Å². The average molecular weight is 735 g/mol. The summed E-state index contributed by atoms with van der Waals surface area (Å²) < 4.78 is 2.70. The summed E-state index contributed by atoms with van der Waals surface area (Å²) in [6, 6.07) is 40.3. The van der Waals surface area contributed by atoms with Gasteiger partial charge in [0.25, 0.3) is 6.71 Å². The maximum absolute atomic E-state index is 2.65. The number of para-hydroxylation sites is 1. The quantitative estimate of drug-likeness (QED) is 0.163. The van der Waals surface area contributed by atoms with Crippen molar-refractivity contribution >= 4 is 88.7 Å². The summed E-state index contributed by atoms with van der Waals surface area (Å²) in [7, 11) is 0. The summed E-state index contributed by atoms with van der Waals surface area (Å²) in [5.74, 6) is 0. The molecule has 2 aliphatic heterocycles. The zero-order valence-electron chi connectivity index (χ0n) is 34.1. The molecule has 1 aliphatic carbocycles. The molecule has 2 nitrogen and oxygen atoms in total. The van der Waals surface area contributed by atoms with Gasteiger partial charge in [-0.25, -0.2) is 0 Å². The molecule has 55 heavy (non-hydrogen) atoms. The van der Waals surface area contributed by atoms with Gasteiger partial charge in [0, 0.05) is 43.9 Å². The first kappa shape index (κ1) is 34.7. The van der Waals surface area contributed by atoms with Crippen molar-refractivity contribution in [2.75, 3.05) is 9.80 Å². The maximum Gasteiger partial charge on any atom is 0.252 e. The predicted octanol–water partition coefficient (Wildman–Crippen LogP) is 12.7. The number of nitrogens with zero attached hydrogens (tertiary/aromatic N) is 2. The van der Waals surface area contributed by atoms with Crippen molar-refractivity contribution in [3.63, 3.8) is 0 Å². The number of hydrogen-bond acceptors (Lipinski definition) is 3. The Kier molecular flexibility index (Phi) is 7.33. The molecule has 10 rings (SSSR count). The molecule has 6 aromatic carbocycles. The number of fused-ring (bicyclic) bond motifs is 9. The second kappa shape index (κ2) is 11.6. The van der Waals surface area contributed by atoms with E-state index in [1.807, 2.05) is 11.3 Å². The van der Waals surface area contributed by atoms with E-state index in [0.29, 0.717) is 0 Å². The van der Waals surface area contributed by atoms with Crippen molar-refractivity contribution in [2.24, 2.45) is 0 Å². The van der Waals surface area contributed by atoms with Gasteiger partial charge < -0.3 is 9.80 Å². The molecule has 0 fully saturated rings. The third kappa shape index (κ3) is 4.99. The van der Waals surface area contributed by atoms with Gasteiger partial charge in [0.15, 0.2) is 0 Å². The van der Waals surface area contributed by atoms with Gasteiger partial charge in [-0.1, -0.05) is 115 Å². The molecule has 3 heterocycles. The summed E-state index contributed by atoms with van der Waals surface area (Å²) >= 11 is 1.94. The van der Waals surface area contributed by atoms with E-state index in [9.17, 15) is 0 Å². The van der Waals surface area contributed by atoms with Crippen LogP contribution in [0.3, 0.4) is 0 Å². The fourth-order valence-electron chi connectivity index (χ4n) is 10.1. The summed E-state index contributed by atoms with van der Waals surface area (Å²) in [6.07, 6.45) is 2.40. The lowest BCUT2D eigenvalue weighted by Gasteiger charge is -2.46. The molecular formula is C51H51BN2S. The van der Waals surface area contributed by atoms with Crippen LogP contribution in [0.15, 0.2) is 103 Å². The third-order valence-corrected chi connectivity index (χ3v) is 14.5. The lowest BCUT2D eigenvalue weighted by atomic mass is 9.33. The highest BCUT2D eigenvalue weighted by Gasteiger charge is 2.46. The van der Waals surface area contributed by atoms with Gasteiger partial charge in [-0.15, -0.1) is 11.3 Å². The summed E-state index contributed by atoms with van der Waals surface area (Å²) in [4.78, 5) is 5.28. The monoisotopic (exact) mass is 734 g/mol. The second-order valence-electron chi connectivity index (χ2n) is 19.1. The highest BCUT2D eigenvalue weighted by Crippen LogP contribution is 2.52. The Labute approximate surface area is 331 Å². The molecule has 0 saturated heterocycles. The lowest BCUT2D eigenvalue weighted by molar-refractivity contribution is 0.332. The number of aryl methyl sites for hydroxylation is 3. The first-order valence-corrected chi connectivity index (χ1v) is 21.0. The molecule has 0 unspecified atom stereocenters. The highest BCUT2D eigenvalue weighted by atomic mass is 32.1. The van der Waals surface area contributed by atoms with E-state index in [2.05, 4.69) is 182 Å². The topological polar surface area (TPSA) is 6.48 Å². The smallest absolute Gasteiger partial charge is 0.252 e. The van der Waals surface area contributed by atoms with Crippen molar-refractivity contribution in [2.45, 2.75) is 98.3 Å². The Balaban J connectivity index is 1.34. The van der Waals surface area contributed by atoms with Crippen LogP contribution in [-0.4, -0.2) is 6.71 Å². The van der Waals surface area contributed by atoms with Crippen LogP contribution in [-0.2, 0) is 16.2 Å². The minimum Gasteiger partial charge on any atom is -0.311 e. The molecule has 0 bridgehead atoms. The number of anilines is 6. The van der Waals surface area contributed by atoms with Gasteiger partial charge >= 0.3 is 0 Å². The Hall–Kier alpha value is -4.80. The Morgan fingerprint density at radius 2 is 1.25 bits per heavy atom. The number of hydrogen-bond donors (Lipinski definition) is 0. The van der Waals surface area contributed by atoms with E-state index < -0.39 is 0 Å². The van der Waals surface area contributed by atoms with Gasteiger partial charge in [0.2, 0.25) is 0 Å². The molecule has 4 heteroatoms. The predicted molar refractivity (Wildman–Crippen MR) is 242 cm³/mol. The molecule has 7 aromatic rings. The Morgan fingerprint density at radius 1 is 0.582 bits per heavy atom. The zero-order valence-corrected chi connectivity index (χ0v) is 34.9. The number of thiophene rings is 1. The van der Waals surface area contributed by atoms with Crippen LogP contribution < -0.4 is 26.2 Å². The molecule has 274 valence electrons. The van der Waals surface area contributed by atoms with Crippen molar-refractivity contribution in [3.05, 3.63) is 137 Å². The average Bonchev–Trinajstić information content (AvgIpc) is 3.52. The minimum absolute atomic E-state index is 0.00764. The number of benzene rings is 6. The molecule has 0 N–H and O–H groups in total. The van der Waals surface area contributed by atoms with Crippen LogP contribution >= 0.6 is 11.3 Å². The fraction of sp³-hybridized carbons (Fsp3) is 0.294. The van der Waals surface area contributed by atoms with E-state index >= 15 is 0 Å². The fourth-order valence-corrected chi connectivity index (χ4v) is 11.4. The lowest BCUT2D eigenvalue weighted by Crippen LogP contribution is -2.61. The molecule has 1 aromatic heterocycles. The molecule has 0 atom stereocenters. The normalized spacial score (nSPS) is 16.6. The van der Waals surface area contributed by atoms with Crippen LogP contribution in [0.2, 0.25) is 0 Å². The first-order valence-electron chi connectivity index (χ1n) is 20.2. The van der Waals surface area contributed by atoms with E-state index in [4.69, 9.17) is 0 Å². The van der Waals surface area contributed by atoms with Gasteiger partial charge in [0.1, 0.15) is 0 Å². The molecule has 0 radical (unpaired) electrons. The van der Waals surface area contributed by atoms with E-state index in [1.54, 1.807) is 0 Å². The molecule has 0 spiro atoms. The summed E-state index contributed by atoms with van der Waals surface area (Å²) in [5.41, 5.74) is 20.5. The van der Waals surface area contributed by atoms with Gasteiger partial charge in [-0.2, -0.15) is 0 Å². The molecule has 3 aliphatic rings. The van der Waals surface area contributed by atoms with Crippen molar-refractivity contribution in [3.8, 4) is 0 Å². The van der Waals surface area contributed by atoms with Gasteiger partial charge in [-0.05, 0) is 136 Å². The summed E-state index contributed by atoms with van der Waals surface area (Å²) in [5, 5.41) is 2.68. The van der Waals surface area contributed by atoms with Crippen LogP contribution in [0.4, 0.5) is 34.1 Å². The van der Waals surface area contributed by atoms with Crippen LogP contribution in [0.5, 0.6) is 0 Å². The Morgan fingerprint density at radius 3 is 1.98 bits per heavy atom. The minimum atomic E-state index is 0.00764. The zero-order chi connectivity index (χ0) is 38.3. The SMILES string of the molecule is Cc1cc2c3c(c1)N(c1ccccc1C)c1c(ccc4c1sc1ccccc14)B3c1cc(C(C)(C)C)ccc1N2c1cc2c(cc1C)C(C)(C)CCC2(C)C. The second-order valence-corrected chi connectivity index (χ2v) is 20.1. The molecular weight excluding hydrogens is 683 g/mol.